The van der Waals surface area contributed by atoms with Gasteiger partial charge in [0.1, 0.15) is 23.5 Å². The molecule has 2 unspecified atom stereocenters. The Balaban J connectivity index is 1.46. The first-order valence-corrected chi connectivity index (χ1v) is 12.3. The molecule has 194 valence electrons. The minimum Gasteiger partial charge on any atom is -0.451 e. The van der Waals surface area contributed by atoms with E-state index in [0.29, 0.717) is 31.2 Å². The van der Waals surface area contributed by atoms with E-state index in [2.05, 4.69) is 15.3 Å². The smallest absolute Gasteiger partial charge is 0.410 e. The van der Waals surface area contributed by atoms with Gasteiger partial charge in [0.25, 0.3) is 5.91 Å². The number of carbonyl (C=O) groups excluding carboxylic acids is 2. The Kier molecular flexibility index (Phi) is 7.06. The fraction of sp³-hybridized carbons (Fsp3) is 0.538. The molecule has 1 N–H and O–H groups in total. The van der Waals surface area contributed by atoms with Crippen molar-refractivity contribution in [2.75, 3.05) is 25.0 Å². The molecule has 1 aromatic heterocycles. The minimum atomic E-state index is -0.529. The van der Waals surface area contributed by atoms with Gasteiger partial charge in [0.2, 0.25) is 0 Å². The molecule has 2 fully saturated rings. The molecule has 2 aliphatic rings. The molecule has 1 saturated carbocycles. The van der Waals surface area contributed by atoms with E-state index in [4.69, 9.17) is 9.47 Å². The molecule has 1 saturated heterocycles. The van der Waals surface area contributed by atoms with Crippen molar-refractivity contribution in [1.29, 1.82) is 0 Å². The number of amides is 2. The molecule has 0 spiro atoms. The van der Waals surface area contributed by atoms with Crippen LogP contribution in [0.5, 0.6) is 11.5 Å². The number of fused-ring (bicyclic) bond motifs is 1. The second-order valence-corrected chi connectivity index (χ2v) is 10.5. The molecule has 2 heterocycles. The molecule has 2 amide bonds. The maximum atomic E-state index is 14.1. The zero-order chi connectivity index (χ0) is 26.2. The Labute approximate surface area is 211 Å². The summed E-state index contributed by atoms with van der Waals surface area (Å²) in [7, 11) is 0. The number of ether oxygens (including phenoxy) is 2. The molecule has 1 aliphatic carbocycles. The lowest BCUT2D eigenvalue weighted by atomic mass is 10.1. The van der Waals surface area contributed by atoms with Crippen LogP contribution in [-0.4, -0.2) is 69.1 Å². The van der Waals surface area contributed by atoms with Gasteiger partial charge in [-0.3, -0.25) is 4.79 Å². The summed E-state index contributed by atoms with van der Waals surface area (Å²) in [5.74, 6) is 0.776. The second kappa shape index (κ2) is 9.91. The molecule has 4 rings (SSSR count). The van der Waals surface area contributed by atoms with E-state index in [1.165, 1.54) is 30.7 Å². The van der Waals surface area contributed by atoms with Crippen LogP contribution in [0.2, 0.25) is 0 Å². The molecule has 0 bridgehead atoms. The third kappa shape index (κ3) is 5.52. The first-order valence-electron chi connectivity index (χ1n) is 12.3. The normalized spacial score (nSPS) is 20.7. The number of rotatable bonds is 7. The number of piperidine rings is 1. The van der Waals surface area contributed by atoms with Gasteiger partial charge in [-0.25, -0.2) is 19.2 Å². The predicted molar refractivity (Wildman–Crippen MR) is 133 cm³/mol. The largest absolute Gasteiger partial charge is 0.451 e. The molecule has 36 heavy (non-hydrogen) atoms. The highest BCUT2D eigenvalue weighted by Crippen LogP contribution is 2.48. The number of benzene rings is 1. The van der Waals surface area contributed by atoms with Gasteiger partial charge in [0, 0.05) is 43.6 Å². The van der Waals surface area contributed by atoms with E-state index in [9.17, 15) is 14.0 Å². The number of nitrogens with zero attached hydrogens (tertiary/aromatic N) is 4. The molecular formula is C26H34FN5O4. The number of likely N-dealkylation sites (tertiary alicyclic amines) is 1. The van der Waals surface area contributed by atoms with E-state index in [1.807, 2.05) is 41.5 Å². The Bertz CT molecular complexity index is 1120. The summed E-state index contributed by atoms with van der Waals surface area (Å²) in [6.45, 7) is 13.0. The topological polar surface area (TPSA) is 96.9 Å². The third-order valence-electron chi connectivity index (χ3n) is 6.44. The molecule has 1 aliphatic heterocycles. The van der Waals surface area contributed by atoms with Gasteiger partial charge in [-0.1, -0.05) is 0 Å². The number of aromatic nitrogens is 2. The van der Waals surface area contributed by atoms with Gasteiger partial charge in [0.15, 0.2) is 11.6 Å². The van der Waals surface area contributed by atoms with E-state index >= 15 is 0 Å². The SMILES string of the molecule is CCN(C(=O)c1cc(F)ccc1Oc1cncnc1NC1C2CN(C(=O)OC(C)(C)C)CC21)C(C)C. The second-order valence-electron chi connectivity index (χ2n) is 10.5. The summed E-state index contributed by atoms with van der Waals surface area (Å²) >= 11 is 0. The Morgan fingerprint density at radius 1 is 1.22 bits per heavy atom. The number of halogens is 1. The first-order chi connectivity index (χ1) is 17.0. The van der Waals surface area contributed by atoms with Gasteiger partial charge in [-0.15, -0.1) is 0 Å². The molecule has 1 aromatic carbocycles. The van der Waals surface area contributed by atoms with Crippen molar-refractivity contribution in [3.63, 3.8) is 0 Å². The van der Waals surface area contributed by atoms with Crippen LogP contribution in [0.1, 0.15) is 51.9 Å². The van der Waals surface area contributed by atoms with Crippen LogP contribution in [0.25, 0.3) is 0 Å². The van der Waals surface area contributed by atoms with Crippen LogP contribution in [0.15, 0.2) is 30.7 Å². The van der Waals surface area contributed by atoms with Gasteiger partial charge in [0.05, 0.1) is 11.8 Å². The van der Waals surface area contributed by atoms with Gasteiger partial charge in [-0.2, -0.15) is 0 Å². The highest BCUT2D eigenvalue weighted by molar-refractivity contribution is 5.97. The van der Waals surface area contributed by atoms with E-state index in [1.54, 1.807) is 9.80 Å². The number of hydrogen-bond donors (Lipinski definition) is 1. The summed E-state index contributed by atoms with van der Waals surface area (Å²) in [5, 5.41) is 3.40. The van der Waals surface area contributed by atoms with Crippen molar-refractivity contribution in [2.45, 2.75) is 59.2 Å². The van der Waals surface area contributed by atoms with Crippen molar-refractivity contribution in [1.82, 2.24) is 19.8 Å². The van der Waals surface area contributed by atoms with Crippen LogP contribution in [-0.2, 0) is 4.74 Å². The monoisotopic (exact) mass is 499 g/mol. The van der Waals surface area contributed by atoms with Crippen LogP contribution < -0.4 is 10.1 Å². The van der Waals surface area contributed by atoms with Crippen LogP contribution in [0.3, 0.4) is 0 Å². The first kappa shape index (κ1) is 25.7. The fourth-order valence-corrected chi connectivity index (χ4v) is 4.65. The van der Waals surface area contributed by atoms with Crippen molar-refractivity contribution in [3.8, 4) is 11.5 Å². The van der Waals surface area contributed by atoms with Gasteiger partial charge < -0.3 is 24.6 Å². The number of hydrogen-bond acceptors (Lipinski definition) is 7. The fourth-order valence-electron chi connectivity index (χ4n) is 4.65. The van der Waals surface area contributed by atoms with Gasteiger partial charge >= 0.3 is 6.09 Å². The minimum absolute atomic E-state index is 0.0505. The summed E-state index contributed by atoms with van der Waals surface area (Å²) in [4.78, 5) is 37.3. The standard InChI is InChI=1S/C26H34FN5O4/c1-7-32(15(2)3)24(33)17-10-16(27)8-9-20(17)35-21-11-28-14-29-23(21)30-22-18-12-31(13-19(18)22)25(34)36-26(4,5)6/h8-11,14-15,18-19,22H,7,12-13H2,1-6H3,(H,28,29,30). The van der Waals surface area contributed by atoms with Crippen LogP contribution in [0, 0.1) is 17.7 Å². The zero-order valence-corrected chi connectivity index (χ0v) is 21.6. The van der Waals surface area contributed by atoms with Crippen molar-refractivity contribution >= 4 is 17.8 Å². The molecule has 9 nitrogen and oxygen atoms in total. The Morgan fingerprint density at radius 2 is 1.92 bits per heavy atom. The van der Waals surface area contributed by atoms with Crippen molar-refractivity contribution < 1.29 is 23.5 Å². The molecule has 2 aromatic rings. The molecular weight excluding hydrogens is 465 g/mol. The Hall–Kier alpha value is -3.43. The van der Waals surface area contributed by atoms with E-state index in [0.717, 1.165) is 0 Å². The predicted octanol–water partition coefficient (Wildman–Crippen LogP) is 4.56. The maximum Gasteiger partial charge on any atom is 0.410 e. The maximum absolute atomic E-state index is 14.1. The van der Waals surface area contributed by atoms with Crippen LogP contribution >= 0.6 is 0 Å². The lowest BCUT2D eigenvalue weighted by Gasteiger charge is -2.26. The van der Waals surface area contributed by atoms with Crippen LogP contribution in [0.4, 0.5) is 15.0 Å². The van der Waals surface area contributed by atoms with Crippen molar-refractivity contribution in [2.24, 2.45) is 11.8 Å². The summed E-state index contributed by atoms with van der Waals surface area (Å²) in [5.41, 5.74) is -0.393. The quantitative estimate of drug-likeness (QED) is 0.597. The zero-order valence-electron chi connectivity index (χ0n) is 21.6. The average molecular weight is 500 g/mol. The number of carbonyl (C=O) groups is 2. The molecule has 10 heteroatoms. The summed E-state index contributed by atoms with van der Waals surface area (Å²) < 4.78 is 25.6. The van der Waals surface area contributed by atoms with E-state index < -0.39 is 11.4 Å². The number of nitrogens with one attached hydrogen (secondary N) is 1. The van der Waals surface area contributed by atoms with Gasteiger partial charge in [-0.05, 0) is 59.7 Å². The molecule has 2 atom stereocenters. The average Bonchev–Trinajstić information content (AvgIpc) is 3.22. The highest BCUT2D eigenvalue weighted by atomic mass is 19.1. The molecule has 0 radical (unpaired) electrons. The third-order valence-corrected chi connectivity index (χ3v) is 6.44. The van der Waals surface area contributed by atoms with Crippen molar-refractivity contribution in [3.05, 3.63) is 42.1 Å². The lowest BCUT2D eigenvalue weighted by molar-refractivity contribution is 0.0272. The highest BCUT2D eigenvalue weighted by Gasteiger charge is 2.57. The number of anilines is 1. The summed E-state index contributed by atoms with van der Waals surface area (Å²) in [6, 6.07) is 3.97. The lowest BCUT2D eigenvalue weighted by Crippen LogP contribution is -2.38. The summed E-state index contributed by atoms with van der Waals surface area (Å²) in [6.07, 6.45) is 2.63. The Morgan fingerprint density at radius 3 is 2.53 bits per heavy atom. The van der Waals surface area contributed by atoms with E-state index in [-0.39, 0.29) is 47.2 Å².